The second kappa shape index (κ2) is 7.41. The molecule has 0 aliphatic rings. The molecule has 0 atom stereocenters. The third kappa shape index (κ3) is 4.53. The summed E-state index contributed by atoms with van der Waals surface area (Å²) in [6.45, 7) is 1.28. The lowest BCUT2D eigenvalue weighted by molar-refractivity contribution is -0.120. The van der Waals surface area contributed by atoms with Crippen LogP contribution in [0.15, 0.2) is 47.4 Å². The minimum Gasteiger partial charge on any atom is -0.398 e. The van der Waals surface area contributed by atoms with E-state index in [9.17, 15) is 17.6 Å². The number of benzene rings is 2. The van der Waals surface area contributed by atoms with E-state index in [-0.39, 0.29) is 22.7 Å². The molecule has 0 bridgehead atoms. The van der Waals surface area contributed by atoms with E-state index >= 15 is 0 Å². The zero-order valence-electron chi connectivity index (χ0n) is 13.0. The number of carbonyl (C=O) groups excluding carboxylic acids is 1. The van der Waals surface area contributed by atoms with Crippen molar-refractivity contribution in [2.45, 2.75) is 18.4 Å². The maximum Gasteiger partial charge on any atom is 0.241 e. The molecule has 2 aromatic rings. The summed E-state index contributed by atoms with van der Waals surface area (Å²) in [6.07, 6.45) is 0. The maximum atomic E-state index is 13.6. The Balaban J connectivity index is 1.96. The Labute approximate surface area is 139 Å². The first kappa shape index (κ1) is 17.9. The highest BCUT2D eigenvalue weighted by Gasteiger charge is 2.18. The summed E-state index contributed by atoms with van der Waals surface area (Å²) in [7, 11) is -4.03. The summed E-state index contributed by atoms with van der Waals surface area (Å²) in [6, 6.07) is 11.2. The lowest BCUT2D eigenvalue weighted by atomic mass is 10.2. The molecule has 24 heavy (non-hydrogen) atoms. The average Bonchev–Trinajstić information content (AvgIpc) is 2.56. The predicted octanol–water partition coefficient (Wildman–Crippen LogP) is 1.31. The number of nitrogens with one attached hydrogen (secondary N) is 2. The first-order valence-corrected chi connectivity index (χ1v) is 8.64. The third-order valence-electron chi connectivity index (χ3n) is 3.42. The fourth-order valence-corrected chi connectivity index (χ4v) is 2.96. The molecule has 0 aliphatic carbocycles. The van der Waals surface area contributed by atoms with E-state index < -0.39 is 28.3 Å². The van der Waals surface area contributed by atoms with Crippen molar-refractivity contribution in [3.05, 3.63) is 59.4 Å². The Morgan fingerprint density at radius 3 is 2.50 bits per heavy atom. The minimum absolute atomic E-state index is 0.0314. The van der Waals surface area contributed by atoms with Gasteiger partial charge in [0.1, 0.15) is 5.82 Å². The predicted molar refractivity (Wildman–Crippen MR) is 89.0 cm³/mol. The van der Waals surface area contributed by atoms with Crippen LogP contribution < -0.4 is 15.8 Å². The molecule has 0 radical (unpaired) electrons. The van der Waals surface area contributed by atoms with Gasteiger partial charge in [0.15, 0.2) is 0 Å². The Morgan fingerprint density at radius 2 is 1.88 bits per heavy atom. The van der Waals surface area contributed by atoms with Crippen LogP contribution in [0.1, 0.15) is 11.1 Å². The molecule has 2 rings (SSSR count). The van der Waals surface area contributed by atoms with Crippen LogP contribution in [0.4, 0.5) is 10.1 Å². The summed E-state index contributed by atoms with van der Waals surface area (Å²) in [5.41, 5.74) is 6.67. The van der Waals surface area contributed by atoms with Gasteiger partial charge in [-0.25, -0.2) is 17.5 Å². The van der Waals surface area contributed by atoms with Gasteiger partial charge >= 0.3 is 0 Å². The lowest BCUT2D eigenvalue weighted by Crippen LogP contribution is -2.36. The Kier molecular flexibility index (Phi) is 5.53. The van der Waals surface area contributed by atoms with E-state index in [4.69, 9.17) is 5.73 Å². The highest BCUT2D eigenvalue weighted by Crippen LogP contribution is 2.20. The summed E-state index contributed by atoms with van der Waals surface area (Å²) in [4.78, 5) is 11.4. The van der Waals surface area contributed by atoms with E-state index in [0.29, 0.717) is 0 Å². The highest BCUT2D eigenvalue weighted by atomic mass is 32.2. The maximum absolute atomic E-state index is 13.6. The molecule has 8 heteroatoms. The van der Waals surface area contributed by atoms with Gasteiger partial charge in [0, 0.05) is 17.8 Å². The summed E-state index contributed by atoms with van der Waals surface area (Å²) < 4.78 is 40.0. The van der Waals surface area contributed by atoms with Crippen LogP contribution in [0.2, 0.25) is 0 Å². The summed E-state index contributed by atoms with van der Waals surface area (Å²) >= 11 is 0. The molecule has 0 spiro atoms. The Morgan fingerprint density at radius 1 is 1.21 bits per heavy atom. The van der Waals surface area contributed by atoms with Crippen molar-refractivity contribution in [1.29, 1.82) is 0 Å². The van der Waals surface area contributed by atoms with Crippen molar-refractivity contribution < 1.29 is 17.6 Å². The fourth-order valence-electron chi connectivity index (χ4n) is 1.93. The van der Waals surface area contributed by atoms with E-state index in [1.54, 1.807) is 0 Å². The van der Waals surface area contributed by atoms with Crippen molar-refractivity contribution in [1.82, 2.24) is 10.0 Å². The SMILES string of the molecule is Cc1c(N)cc(S(=O)(=O)NCC(=O)NCc2ccccc2)cc1F. The van der Waals surface area contributed by atoms with Crippen LogP contribution in [-0.2, 0) is 21.4 Å². The molecule has 0 unspecified atom stereocenters. The van der Waals surface area contributed by atoms with Gasteiger partial charge < -0.3 is 11.1 Å². The molecule has 0 saturated carbocycles. The quantitative estimate of drug-likeness (QED) is 0.683. The Hall–Kier alpha value is -2.45. The largest absolute Gasteiger partial charge is 0.398 e. The minimum atomic E-state index is -4.03. The van der Waals surface area contributed by atoms with E-state index in [0.717, 1.165) is 17.7 Å². The zero-order chi connectivity index (χ0) is 17.7. The number of rotatable bonds is 6. The molecule has 1 amide bonds. The number of sulfonamides is 1. The van der Waals surface area contributed by atoms with E-state index in [1.807, 2.05) is 30.3 Å². The fraction of sp³-hybridized carbons (Fsp3) is 0.188. The van der Waals surface area contributed by atoms with Crippen molar-refractivity contribution in [2.24, 2.45) is 0 Å². The standard InChI is InChI=1S/C16H18FN3O3S/c1-11-14(17)7-13(8-15(11)18)24(22,23)20-10-16(21)19-9-12-5-3-2-4-6-12/h2-8,20H,9-10,18H2,1H3,(H,19,21). The smallest absolute Gasteiger partial charge is 0.241 e. The molecule has 0 aliphatic heterocycles. The van der Waals surface area contributed by atoms with Crippen LogP contribution in [0.5, 0.6) is 0 Å². The molecular formula is C16H18FN3O3S. The van der Waals surface area contributed by atoms with Gasteiger partial charge in [-0.1, -0.05) is 30.3 Å². The summed E-state index contributed by atoms with van der Waals surface area (Å²) in [5.74, 6) is -1.22. The molecule has 0 heterocycles. The number of carbonyl (C=O) groups is 1. The number of hydrogen-bond acceptors (Lipinski definition) is 4. The molecular weight excluding hydrogens is 333 g/mol. The van der Waals surface area contributed by atoms with Crippen LogP contribution in [-0.4, -0.2) is 20.9 Å². The topological polar surface area (TPSA) is 101 Å². The third-order valence-corrected chi connectivity index (χ3v) is 4.80. The van der Waals surface area contributed by atoms with E-state index in [1.165, 1.54) is 6.92 Å². The molecule has 0 saturated heterocycles. The van der Waals surface area contributed by atoms with Crippen molar-refractivity contribution in [3.63, 3.8) is 0 Å². The number of hydrogen-bond donors (Lipinski definition) is 3. The monoisotopic (exact) mass is 351 g/mol. The lowest BCUT2D eigenvalue weighted by Gasteiger charge is -2.10. The number of nitrogen functional groups attached to an aromatic ring is 1. The van der Waals surface area contributed by atoms with Crippen molar-refractivity contribution in [2.75, 3.05) is 12.3 Å². The van der Waals surface area contributed by atoms with Gasteiger partial charge in [-0.2, -0.15) is 0 Å². The first-order valence-electron chi connectivity index (χ1n) is 7.15. The zero-order valence-corrected chi connectivity index (χ0v) is 13.9. The highest BCUT2D eigenvalue weighted by molar-refractivity contribution is 7.89. The van der Waals surface area contributed by atoms with Gasteiger partial charge in [0.25, 0.3) is 0 Å². The number of anilines is 1. The second-order valence-electron chi connectivity index (χ2n) is 5.21. The van der Waals surface area contributed by atoms with Gasteiger partial charge in [0.05, 0.1) is 11.4 Å². The van der Waals surface area contributed by atoms with Crippen LogP contribution in [0.25, 0.3) is 0 Å². The Bertz CT molecular complexity index is 816. The van der Waals surface area contributed by atoms with Gasteiger partial charge in [-0.05, 0) is 24.6 Å². The summed E-state index contributed by atoms with van der Waals surface area (Å²) in [5, 5.41) is 2.59. The molecule has 6 nitrogen and oxygen atoms in total. The van der Waals surface area contributed by atoms with Gasteiger partial charge in [-0.3, -0.25) is 4.79 Å². The average molecular weight is 351 g/mol. The van der Waals surface area contributed by atoms with Crippen LogP contribution >= 0.6 is 0 Å². The van der Waals surface area contributed by atoms with Crippen molar-refractivity contribution in [3.8, 4) is 0 Å². The second-order valence-corrected chi connectivity index (χ2v) is 6.97. The molecule has 0 aromatic heterocycles. The van der Waals surface area contributed by atoms with Crippen LogP contribution in [0, 0.1) is 12.7 Å². The van der Waals surface area contributed by atoms with Crippen molar-refractivity contribution >= 4 is 21.6 Å². The molecule has 2 aromatic carbocycles. The van der Waals surface area contributed by atoms with Crippen LogP contribution in [0.3, 0.4) is 0 Å². The number of halogens is 1. The van der Waals surface area contributed by atoms with Gasteiger partial charge in [-0.15, -0.1) is 0 Å². The van der Waals surface area contributed by atoms with Gasteiger partial charge in [0.2, 0.25) is 15.9 Å². The number of amides is 1. The van der Waals surface area contributed by atoms with E-state index in [2.05, 4.69) is 10.0 Å². The molecule has 0 fully saturated rings. The number of nitrogens with two attached hydrogens (primary N) is 1. The normalized spacial score (nSPS) is 11.2. The first-order chi connectivity index (χ1) is 11.3. The molecule has 128 valence electrons. The molecule has 4 N–H and O–H groups in total.